The Morgan fingerprint density at radius 2 is 1.96 bits per heavy atom. The van der Waals surface area contributed by atoms with E-state index in [9.17, 15) is 18.0 Å². The molecule has 6 nitrogen and oxygen atoms in total. The molecule has 2 rings (SSSR count). The van der Waals surface area contributed by atoms with E-state index in [0.717, 1.165) is 16.7 Å². The van der Waals surface area contributed by atoms with Crippen LogP contribution in [-0.4, -0.2) is 59.9 Å². The van der Waals surface area contributed by atoms with Crippen LogP contribution >= 0.6 is 11.3 Å². The van der Waals surface area contributed by atoms with Crippen molar-refractivity contribution in [1.82, 2.24) is 20.1 Å². The Balaban J connectivity index is 1.89. The molecule has 1 aliphatic rings. The largest absolute Gasteiger partial charge is 0.434 e. The van der Waals surface area contributed by atoms with Gasteiger partial charge in [-0.2, -0.15) is 13.2 Å². The highest BCUT2D eigenvalue weighted by Crippen LogP contribution is 2.29. The van der Waals surface area contributed by atoms with Crippen molar-refractivity contribution in [3.8, 4) is 0 Å². The van der Waals surface area contributed by atoms with E-state index in [2.05, 4.69) is 15.3 Å². The molecular formula is C13H18F3N5OS. The first-order valence-electron chi connectivity index (χ1n) is 7.04. The first-order valence-corrected chi connectivity index (χ1v) is 7.92. The van der Waals surface area contributed by atoms with Crippen LogP contribution in [0, 0.1) is 0 Å². The van der Waals surface area contributed by atoms with Crippen LogP contribution in [0.3, 0.4) is 0 Å². The summed E-state index contributed by atoms with van der Waals surface area (Å²) >= 11 is 0.960. The molecule has 1 aromatic rings. The number of halogens is 3. The van der Waals surface area contributed by atoms with Crippen LogP contribution in [-0.2, 0) is 17.5 Å². The lowest BCUT2D eigenvalue weighted by Crippen LogP contribution is -2.53. The summed E-state index contributed by atoms with van der Waals surface area (Å²) in [6, 6.07) is 0. The monoisotopic (exact) mass is 349 g/mol. The molecule has 0 unspecified atom stereocenters. The molecule has 23 heavy (non-hydrogen) atoms. The number of amides is 1. The minimum absolute atomic E-state index is 0.0371. The lowest BCUT2D eigenvalue weighted by Gasteiger charge is -2.36. The van der Waals surface area contributed by atoms with E-state index in [4.69, 9.17) is 0 Å². The molecule has 1 aliphatic heterocycles. The Bertz CT molecular complexity index is 578. The standard InChI is InChI=1S/C13H18F3N5OS/c1-9(22)20-3-5-21(6-4-20)12(17-2)18-7-11-19-10(8-23-11)13(14,15)16/h8H,3-7H2,1-2H3,(H,17,18). The van der Waals surface area contributed by atoms with Gasteiger partial charge in [0.2, 0.25) is 5.91 Å². The van der Waals surface area contributed by atoms with Gasteiger partial charge in [-0.1, -0.05) is 0 Å². The third-order valence-corrected chi connectivity index (χ3v) is 4.33. The molecule has 0 aliphatic carbocycles. The number of hydrogen-bond acceptors (Lipinski definition) is 4. The second kappa shape index (κ2) is 7.16. The molecule has 0 atom stereocenters. The zero-order valence-corrected chi connectivity index (χ0v) is 13.7. The highest BCUT2D eigenvalue weighted by Gasteiger charge is 2.33. The van der Waals surface area contributed by atoms with Crippen LogP contribution in [0.15, 0.2) is 10.4 Å². The number of carbonyl (C=O) groups is 1. The first-order chi connectivity index (χ1) is 10.8. The maximum atomic E-state index is 12.5. The van der Waals surface area contributed by atoms with Crippen LogP contribution in [0.25, 0.3) is 0 Å². The summed E-state index contributed by atoms with van der Waals surface area (Å²) in [6.07, 6.45) is -4.42. The summed E-state index contributed by atoms with van der Waals surface area (Å²) in [4.78, 5) is 22.7. The van der Waals surface area contributed by atoms with E-state index >= 15 is 0 Å². The van der Waals surface area contributed by atoms with Crippen LogP contribution in [0.2, 0.25) is 0 Å². The maximum Gasteiger partial charge on any atom is 0.434 e. The van der Waals surface area contributed by atoms with Gasteiger partial charge in [-0.05, 0) is 0 Å². The Kier molecular flexibility index (Phi) is 5.45. The third-order valence-electron chi connectivity index (χ3n) is 3.48. The Labute approximate surface area is 136 Å². The summed E-state index contributed by atoms with van der Waals surface area (Å²) in [7, 11) is 1.61. The van der Waals surface area contributed by atoms with Gasteiger partial charge in [0.05, 0.1) is 6.54 Å². The van der Waals surface area contributed by atoms with Crippen molar-refractivity contribution in [2.75, 3.05) is 33.2 Å². The van der Waals surface area contributed by atoms with E-state index in [1.807, 2.05) is 4.90 Å². The number of nitrogens with one attached hydrogen (secondary N) is 1. The van der Waals surface area contributed by atoms with Crippen molar-refractivity contribution >= 4 is 23.2 Å². The molecule has 0 saturated carbocycles. The SMILES string of the molecule is CN=C(NCc1nc(C(F)(F)F)cs1)N1CCN(C(C)=O)CC1. The summed E-state index contributed by atoms with van der Waals surface area (Å²) in [5.41, 5.74) is -0.871. The van der Waals surface area contributed by atoms with E-state index in [-0.39, 0.29) is 12.5 Å². The van der Waals surface area contributed by atoms with Crippen molar-refractivity contribution in [3.63, 3.8) is 0 Å². The topological polar surface area (TPSA) is 60.8 Å². The molecular weight excluding hydrogens is 331 g/mol. The first kappa shape index (κ1) is 17.5. The quantitative estimate of drug-likeness (QED) is 0.648. The molecule has 0 bridgehead atoms. The number of hydrogen-bond donors (Lipinski definition) is 1. The number of nitrogens with zero attached hydrogens (tertiary/aromatic N) is 4. The second-order valence-electron chi connectivity index (χ2n) is 5.02. The molecule has 10 heteroatoms. The number of aliphatic imine (C=N–C) groups is 1. The van der Waals surface area contributed by atoms with Gasteiger partial charge < -0.3 is 15.1 Å². The predicted molar refractivity (Wildman–Crippen MR) is 81.1 cm³/mol. The fraction of sp³-hybridized carbons (Fsp3) is 0.615. The summed E-state index contributed by atoms with van der Waals surface area (Å²) in [6.45, 7) is 4.18. The molecule has 1 aromatic heterocycles. The maximum absolute atomic E-state index is 12.5. The molecule has 1 amide bonds. The van der Waals surface area contributed by atoms with Gasteiger partial charge in [0.25, 0.3) is 0 Å². The molecule has 128 valence electrons. The Morgan fingerprint density at radius 1 is 1.35 bits per heavy atom. The average molecular weight is 349 g/mol. The molecule has 1 N–H and O–H groups in total. The van der Waals surface area contributed by atoms with E-state index in [1.165, 1.54) is 6.92 Å². The number of alkyl halides is 3. The van der Waals surface area contributed by atoms with Crippen molar-refractivity contribution in [2.24, 2.45) is 4.99 Å². The third kappa shape index (κ3) is 4.57. The molecule has 0 aromatic carbocycles. The van der Waals surface area contributed by atoms with Crippen molar-refractivity contribution in [1.29, 1.82) is 0 Å². The normalized spacial score (nSPS) is 16.7. The molecule has 0 spiro atoms. The molecule has 1 saturated heterocycles. The minimum atomic E-state index is -4.42. The second-order valence-corrected chi connectivity index (χ2v) is 5.96. The molecule has 2 heterocycles. The minimum Gasteiger partial charge on any atom is -0.350 e. The zero-order valence-electron chi connectivity index (χ0n) is 12.9. The van der Waals surface area contributed by atoms with E-state index in [0.29, 0.717) is 37.1 Å². The van der Waals surface area contributed by atoms with Gasteiger partial charge in [0, 0.05) is 45.5 Å². The number of rotatable bonds is 2. The molecule has 0 radical (unpaired) electrons. The average Bonchev–Trinajstić information content (AvgIpc) is 2.97. The highest BCUT2D eigenvalue weighted by molar-refractivity contribution is 7.09. The van der Waals surface area contributed by atoms with Crippen molar-refractivity contribution < 1.29 is 18.0 Å². The summed E-state index contributed by atoms with van der Waals surface area (Å²) < 4.78 is 37.6. The van der Waals surface area contributed by atoms with Crippen LogP contribution < -0.4 is 5.32 Å². The van der Waals surface area contributed by atoms with Gasteiger partial charge in [-0.3, -0.25) is 9.79 Å². The lowest BCUT2D eigenvalue weighted by atomic mass is 10.3. The van der Waals surface area contributed by atoms with E-state index < -0.39 is 11.9 Å². The lowest BCUT2D eigenvalue weighted by molar-refractivity contribution is -0.140. The van der Waals surface area contributed by atoms with Crippen molar-refractivity contribution in [2.45, 2.75) is 19.6 Å². The van der Waals surface area contributed by atoms with Crippen LogP contribution in [0.5, 0.6) is 0 Å². The fourth-order valence-electron chi connectivity index (χ4n) is 2.24. The summed E-state index contributed by atoms with van der Waals surface area (Å²) in [5, 5.41) is 4.37. The number of carbonyl (C=O) groups excluding carboxylic acids is 1. The van der Waals surface area contributed by atoms with Crippen LogP contribution in [0.4, 0.5) is 13.2 Å². The number of aromatic nitrogens is 1. The van der Waals surface area contributed by atoms with Crippen LogP contribution in [0.1, 0.15) is 17.6 Å². The Morgan fingerprint density at radius 3 is 2.43 bits per heavy atom. The Hall–Kier alpha value is -1.84. The van der Waals surface area contributed by atoms with Crippen molar-refractivity contribution in [3.05, 3.63) is 16.1 Å². The molecule has 1 fully saturated rings. The van der Waals surface area contributed by atoms with Gasteiger partial charge in [0.15, 0.2) is 11.7 Å². The smallest absolute Gasteiger partial charge is 0.350 e. The van der Waals surface area contributed by atoms with Gasteiger partial charge in [-0.15, -0.1) is 11.3 Å². The number of guanidine groups is 1. The van der Waals surface area contributed by atoms with Gasteiger partial charge in [0.1, 0.15) is 5.01 Å². The van der Waals surface area contributed by atoms with Gasteiger partial charge >= 0.3 is 6.18 Å². The number of thiazole rings is 1. The zero-order chi connectivity index (χ0) is 17.0. The van der Waals surface area contributed by atoms with Gasteiger partial charge in [-0.25, -0.2) is 4.98 Å². The van der Waals surface area contributed by atoms with E-state index in [1.54, 1.807) is 11.9 Å². The highest BCUT2D eigenvalue weighted by atomic mass is 32.1. The fourth-order valence-corrected chi connectivity index (χ4v) is 2.98. The predicted octanol–water partition coefficient (Wildman–Crippen LogP) is 1.40. The number of piperazine rings is 1. The summed E-state index contributed by atoms with van der Waals surface area (Å²) in [5.74, 6) is 0.632.